The van der Waals surface area contributed by atoms with Crippen LogP contribution in [0.3, 0.4) is 0 Å². The molecule has 2 N–H and O–H groups in total. The van der Waals surface area contributed by atoms with E-state index in [-0.39, 0.29) is 11.8 Å². The molecule has 1 atom stereocenters. The molecule has 1 aromatic carbocycles. The zero-order valence-corrected chi connectivity index (χ0v) is 11.2. The van der Waals surface area contributed by atoms with Gasteiger partial charge in [-0.05, 0) is 24.5 Å². The number of carbonyl (C=O) groups excluding carboxylic acids is 1. The first-order valence-corrected chi connectivity index (χ1v) is 6.78. The highest BCUT2D eigenvalue weighted by atomic mass is 16.1. The van der Waals surface area contributed by atoms with E-state index in [4.69, 9.17) is 0 Å². The Balaban J connectivity index is 1.87. The van der Waals surface area contributed by atoms with Crippen LogP contribution in [0.4, 0.5) is 0 Å². The molecule has 0 saturated carbocycles. The molecule has 1 saturated heterocycles. The van der Waals surface area contributed by atoms with Crippen molar-refractivity contribution in [1.82, 2.24) is 10.6 Å². The van der Waals surface area contributed by atoms with Gasteiger partial charge in [0.05, 0.1) is 5.92 Å². The molecule has 1 unspecified atom stereocenters. The Hall–Kier alpha value is -1.35. The van der Waals surface area contributed by atoms with Crippen molar-refractivity contribution in [3.8, 4) is 0 Å². The molecule has 1 amide bonds. The SMILES string of the molecule is CCc1ccc(C(C)C(=O)NCC2CNC2)cc1. The summed E-state index contributed by atoms with van der Waals surface area (Å²) in [4.78, 5) is 12.0. The van der Waals surface area contributed by atoms with Crippen molar-refractivity contribution < 1.29 is 4.79 Å². The van der Waals surface area contributed by atoms with Gasteiger partial charge in [0.1, 0.15) is 0 Å². The average Bonchev–Trinajstić information content (AvgIpc) is 2.36. The molecule has 1 aliphatic heterocycles. The van der Waals surface area contributed by atoms with E-state index >= 15 is 0 Å². The monoisotopic (exact) mass is 246 g/mol. The maximum absolute atomic E-state index is 12.0. The van der Waals surface area contributed by atoms with Gasteiger partial charge < -0.3 is 10.6 Å². The van der Waals surface area contributed by atoms with Crippen molar-refractivity contribution in [2.24, 2.45) is 5.92 Å². The molecule has 18 heavy (non-hydrogen) atoms. The molecule has 0 radical (unpaired) electrons. The van der Waals surface area contributed by atoms with Crippen LogP contribution in [-0.4, -0.2) is 25.5 Å². The summed E-state index contributed by atoms with van der Waals surface area (Å²) in [5.41, 5.74) is 2.41. The van der Waals surface area contributed by atoms with Gasteiger partial charge in [0, 0.05) is 25.6 Å². The summed E-state index contributed by atoms with van der Waals surface area (Å²) in [6.45, 7) is 6.95. The molecule has 1 heterocycles. The van der Waals surface area contributed by atoms with Crippen molar-refractivity contribution in [2.45, 2.75) is 26.2 Å². The normalized spacial score (nSPS) is 17.0. The highest BCUT2D eigenvalue weighted by Gasteiger charge is 2.20. The largest absolute Gasteiger partial charge is 0.355 e. The number of carbonyl (C=O) groups is 1. The van der Waals surface area contributed by atoms with E-state index in [2.05, 4.69) is 41.8 Å². The Morgan fingerprint density at radius 3 is 2.56 bits per heavy atom. The van der Waals surface area contributed by atoms with Gasteiger partial charge in [0.15, 0.2) is 0 Å². The first-order chi connectivity index (χ1) is 8.70. The van der Waals surface area contributed by atoms with Crippen LogP contribution in [0.15, 0.2) is 24.3 Å². The van der Waals surface area contributed by atoms with Gasteiger partial charge in [0.25, 0.3) is 0 Å². The van der Waals surface area contributed by atoms with Crippen LogP contribution in [0.5, 0.6) is 0 Å². The molecular formula is C15H22N2O. The summed E-state index contributed by atoms with van der Waals surface area (Å²) in [5, 5.41) is 6.24. The predicted octanol–water partition coefficient (Wildman–Crippen LogP) is 1.69. The van der Waals surface area contributed by atoms with Crippen molar-refractivity contribution in [1.29, 1.82) is 0 Å². The van der Waals surface area contributed by atoms with Gasteiger partial charge in [0.2, 0.25) is 5.91 Å². The fourth-order valence-electron chi connectivity index (χ4n) is 2.08. The van der Waals surface area contributed by atoms with Crippen molar-refractivity contribution in [3.63, 3.8) is 0 Å². The number of rotatable bonds is 5. The van der Waals surface area contributed by atoms with Gasteiger partial charge in [-0.15, -0.1) is 0 Å². The molecule has 1 aliphatic rings. The zero-order valence-electron chi connectivity index (χ0n) is 11.2. The summed E-state index contributed by atoms with van der Waals surface area (Å²) in [7, 11) is 0. The van der Waals surface area contributed by atoms with Crippen LogP contribution >= 0.6 is 0 Å². The Labute approximate surface area is 109 Å². The third kappa shape index (κ3) is 3.10. The Bertz CT molecular complexity index is 395. The van der Waals surface area contributed by atoms with Crippen LogP contribution in [-0.2, 0) is 11.2 Å². The van der Waals surface area contributed by atoms with E-state index in [0.29, 0.717) is 5.92 Å². The van der Waals surface area contributed by atoms with Crippen molar-refractivity contribution in [3.05, 3.63) is 35.4 Å². The summed E-state index contributed by atoms with van der Waals surface area (Å²) in [5.74, 6) is 0.679. The van der Waals surface area contributed by atoms with E-state index in [9.17, 15) is 4.79 Å². The smallest absolute Gasteiger partial charge is 0.227 e. The summed E-state index contributed by atoms with van der Waals surface area (Å²) < 4.78 is 0. The fraction of sp³-hybridized carbons (Fsp3) is 0.533. The minimum atomic E-state index is -0.0658. The number of hydrogen-bond acceptors (Lipinski definition) is 2. The van der Waals surface area contributed by atoms with E-state index in [1.807, 2.05) is 6.92 Å². The Morgan fingerprint density at radius 2 is 2.06 bits per heavy atom. The number of hydrogen-bond donors (Lipinski definition) is 2. The molecule has 3 heteroatoms. The fourth-order valence-corrected chi connectivity index (χ4v) is 2.08. The second-order valence-corrected chi connectivity index (χ2v) is 5.09. The van der Waals surface area contributed by atoms with Crippen molar-refractivity contribution in [2.75, 3.05) is 19.6 Å². The maximum atomic E-state index is 12.0. The molecule has 3 nitrogen and oxygen atoms in total. The van der Waals surface area contributed by atoms with Gasteiger partial charge in [-0.2, -0.15) is 0 Å². The standard InChI is InChI=1S/C15H22N2O/c1-3-12-4-6-14(7-5-12)11(2)15(18)17-10-13-8-16-9-13/h4-7,11,13,16H,3,8-10H2,1-2H3,(H,17,18). The summed E-state index contributed by atoms with van der Waals surface area (Å²) in [6.07, 6.45) is 1.04. The van der Waals surface area contributed by atoms with Crippen LogP contribution in [0, 0.1) is 5.92 Å². The topological polar surface area (TPSA) is 41.1 Å². The van der Waals surface area contributed by atoms with Gasteiger partial charge >= 0.3 is 0 Å². The molecule has 2 rings (SSSR count). The second-order valence-electron chi connectivity index (χ2n) is 5.09. The molecular weight excluding hydrogens is 224 g/mol. The first kappa shape index (κ1) is 13.1. The molecule has 0 aromatic heterocycles. The molecule has 1 aromatic rings. The highest BCUT2D eigenvalue weighted by molar-refractivity contribution is 5.83. The summed E-state index contributed by atoms with van der Waals surface area (Å²) in [6, 6.07) is 8.34. The van der Waals surface area contributed by atoms with Crippen LogP contribution in [0.2, 0.25) is 0 Å². The highest BCUT2D eigenvalue weighted by Crippen LogP contribution is 2.16. The molecule has 0 spiro atoms. The van der Waals surface area contributed by atoms with Crippen LogP contribution in [0.1, 0.15) is 30.9 Å². The lowest BCUT2D eigenvalue weighted by Gasteiger charge is -2.27. The Morgan fingerprint density at radius 1 is 1.39 bits per heavy atom. The average molecular weight is 246 g/mol. The molecule has 0 bridgehead atoms. The summed E-state index contributed by atoms with van der Waals surface area (Å²) >= 11 is 0. The van der Waals surface area contributed by atoms with Crippen LogP contribution in [0.25, 0.3) is 0 Å². The lowest BCUT2D eigenvalue weighted by Crippen LogP contribution is -2.48. The van der Waals surface area contributed by atoms with E-state index < -0.39 is 0 Å². The van der Waals surface area contributed by atoms with Crippen LogP contribution < -0.4 is 10.6 Å². The minimum Gasteiger partial charge on any atom is -0.355 e. The minimum absolute atomic E-state index is 0.0658. The van der Waals surface area contributed by atoms with E-state index in [0.717, 1.165) is 31.6 Å². The molecule has 0 aliphatic carbocycles. The Kier molecular flexibility index (Phi) is 4.37. The molecule has 1 fully saturated rings. The third-order valence-corrected chi connectivity index (χ3v) is 3.71. The van der Waals surface area contributed by atoms with E-state index in [1.54, 1.807) is 0 Å². The van der Waals surface area contributed by atoms with Gasteiger partial charge in [-0.25, -0.2) is 0 Å². The van der Waals surface area contributed by atoms with Gasteiger partial charge in [-0.3, -0.25) is 4.79 Å². The third-order valence-electron chi connectivity index (χ3n) is 3.71. The quantitative estimate of drug-likeness (QED) is 0.830. The first-order valence-electron chi connectivity index (χ1n) is 6.78. The molecule has 98 valence electrons. The predicted molar refractivity (Wildman–Crippen MR) is 73.6 cm³/mol. The lowest BCUT2D eigenvalue weighted by atomic mass is 9.97. The lowest BCUT2D eigenvalue weighted by molar-refractivity contribution is -0.122. The number of benzene rings is 1. The number of amides is 1. The number of aryl methyl sites for hydroxylation is 1. The van der Waals surface area contributed by atoms with E-state index in [1.165, 1.54) is 5.56 Å². The number of nitrogens with one attached hydrogen (secondary N) is 2. The zero-order chi connectivity index (χ0) is 13.0. The maximum Gasteiger partial charge on any atom is 0.227 e. The van der Waals surface area contributed by atoms with Crippen molar-refractivity contribution >= 4 is 5.91 Å². The van der Waals surface area contributed by atoms with Gasteiger partial charge in [-0.1, -0.05) is 31.2 Å². The second kappa shape index (κ2) is 6.01.